The molecule has 0 spiro atoms. The number of piperidine rings is 1. The third-order valence-electron chi connectivity index (χ3n) is 5.50. The van der Waals surface area contributed by atoms with Gasteiger partial charge in [-0.3, -0.25) is 10.2 Å². The van der Waals surface area contributed by atoms with Crippen molar-refractivity contribution in [3.05, 3.63) is 12.4 Å². The van der Waals surface area contributed by atoms with Crippen LogP contribution in [0.25, 0.3) is 0 Å². The number of nitrogens with one attached hydrogen (secondary N) is 3. The van der Waals surface area contributed by atoms with Crippen molar-refractivity contribution in [1.82, 2.24) is 20.8 Å². The number of carbonyl (C=O) groups is 1. The van der Waals surface area contributed by atoms with Gasteiger partial charge in [-0.1, -0.05) is 12.8 Å². The number of anilines is 2. The number of aromatic nitrogens is 2. The van der Waals surface area contributed by atoms with E-state index in [2.05, 4.69) is 31.0 Å². The van der Waals surface area contributed by atoms with Crippen molar-refractivity contribution in [3.8, 4) is 0 Å². The largest absolute Gasteiger partial charge is 0.341 e. The average molecular weight is 330 g/mol. The van der Waals surface area contributed by atoms with E-state index in [0.717, 1.165) is 31.9 Å². The summed E-state index contributed by atoms with van der Waals surface area (Å²) in [5, 5.41) is 2.96. The minimum absolute atomic E-state index is 0.00576. The third kappa shape index (κ3) is 3.23. The smallest absolute Gasteiger partial charge is 0.243 e. The van der Waals surface area contributed by atoms with Crippen LogP contribution < -0.4 is 21.1 Å². The van der Waals surface area contributed by atoms with E-state index in [1.807, 2.05) is 0 Å². The zero-order valence-corrected chi connectivity index (χ0v) is 14.0. The summed E-state index contributed by atoms with van der Waals surface area (Å²) in [5.74, 6) is 1.15. The second-order valence-electron chi connectivity index (χ2n) is 7.13. The van der Waals surface area contributed by atoms with E-state index >= 15 is 0 Å². The number of hydrazine groups is 1. The molecule has 0 aromatic carbocycles. The Kier molecular flexibility index (Phi) is 4.62. The summed E-state index contributed by atoms with van der Waals surface area (Å²) in [5.41, 5.74) is 7.12. The first-order valence-electron chi connectivity index (χ1n) is 9.20. The Hall–Kier alpha value is -1.73. The summed E-state index contributed by atoms with van der Waals surface area (Å²) in [7, 11) is 0. The summed E-state index contributed by atoms with van der Waals surface area (Å²) < 4.78 is 0. The maximum absolute atomic E-state index is 12.6. The lowest BCUT2D eigenvalue weighted by atomic mass is 9.81. The fourth-order valence-corrected chi connectivity index (χ4v) is 4.16. The van der Waals surface area contributed by atoms with Crippen molar-refractivity contribution in [3.63, 3.8) is 0 Å². The third-order valence-corrected chi connectivity index (χ3v) is 5.50. The van der Waals surface area contributed by atoms with Gasteiger partial charge in [0, 0.05) is 25.0 Å². The number of hydrogen-bond donors (Lipinski definition) is 3. The Morgan fingerprint density at radius 1 is 1.04 bits per heavy atom. The van der Waals surface area contributed by atoms with Gasteiger partial charge in [0.25, 0.3) is 0 Å². The predicted octanol–water partition coefficient (Wildman–Crippen LogP) is 1.44. The van der Waals surface area contributed by atoms with Crippen LogP contribution in [0.4, 0.5) is 11.6 Å². The van der Waals surface area contributed by atoms with Crippen LogP contribution in [0.5, 0.6) is 0 Å². The van der Waals surface area contributed by atoms with Crippen LogP contribution >= 0.6 is 0 Å². The summed E-state index contributed by atoms with van der Waals surface area (Å²) in [6.45, 7) is 2.04. The highest BCUT2D eigenvalue weighted by Gasteiger charge is 2.40. The molecule has 3 unspecified atom stereocenters. The highest BCUT2D eigenvalue weighted by molar-refractivity contribution is 5.95. The van der Waals surface area contributed by atoms with E-state index in [0.29, 0.717) is 17.6 Å². The first-order valence-corrected chi connectivity index (χ1v) is 9.20. The first-order chi connectivity index (χ1) is 11.8. The van der Waals surface area contributed by atoms with Crippen LogP contribution in [0.3, 0.4) is 0 Å². The molecule has 0 radical (unpaired) electrons. The van der Waals surface area contributed by atoms with Crippen molar-refractivity contribution < 1.29 is 4.79 Å². The molecular formula is C17H26N6O. The Morgan fingerprint density at radius 3 is 2.58 bits per heavy atom. The fourth-order valence-electron chi connectivity index (χ4n) is 4.16. The van der Waals surface area contributed by atoms with Gasteiger partial charge < -0.3 is 10.2 Å². The van der Waals surface area contributed by atoms with Gasteiger partial charge in [-0.05, 0) is 32.1 Å². The van der Waals surface area contributed by atoms with Gasteiger partial charge in [0.05, 0.1) is 18.1 Å². The summed E-state index contributed by atoms with van der Waals surface area (Å²) in [6, 6.07) is 0.254. The Morgan fingerprint density at radius 2 is 1.79 bits per heavy atom. The zero-order valence-electron chi connectivity index (χ0n) is 14.0. The van der Waals surface area contributed by atoms with Crippen LogP contribution in [-0.2, 0) is 4.79 Å². The molecule has 1 amide bonds. The molecule has 1 saturated carbocycles. The molecule has 130 valence electrons. The summed E-state index contributed by atoms with van der Waals surface area (Å²) >= 11 is 0. The van der Waals surface area contributed by atoms with Crippen molar-refractivity contribution in [2.75, 3.05) is 23.3 Å². The molecule has 3 aliphatic rings. The Balaban J connectivity index is 1.37. The standard InChI is InChI=1S/C17H26N6O/c24-16(15-13-6-2-3-7-14(13)21-22-15)20-12-10-18-17(19-11-12)23-8-4-1-5-9-23/h10-11,13-15,21-22H,1-9H2,(H,20,24). The topological polar surface area (TPSA) is 82.2 Å². The minimum atomic E-state index is -0.169. The maximum atomic E-state index is 12.6. The fraction of sp³-hybridized carbons (Fsp3) is 0.706. The van der Waals surface area contributed by atoms with Crippen LogP contribution in [0.15, 0.2) is 12.4 Å². The van der Waals surface area contributed by atoms with E-state index in [9.17, 15) is 4.79 Å². The lowest BCUT2D eigenvalue weighted by Crippen LogP contribution is -2.42. The molecule has 0 bridgehead atoms. The molecule has 2 aliphatic heterocycles. The zero-order chi connectivity index (χ0) is 16.4. The molecule has 1 aliphatic carbocycles. The van der Waals surface area contributed by atoms with Gasteiger partial charge in [0.1, 0.15) is 6.04 Å². The number of amides is 1. The van der Waals surface area contributed by atoms with E-state index in [1.165, 1.54) is 32.1 Å². The lowest BCUT2D eigenvalue weighted by molar-refractivity contribution is -0.118. The van der Waals surface area contributed by atoms with E-state index in [1.54, 1.807) is 12.4 Å². The van der Waals surface area contributed by atoms with Gasteiger partial charge in [-0.15, -0.1) is 0 Å². The monoisotopic (exact) mass is 330 g/mol. The molecule has 3 atom stereocenters. The van der Waals surface area contributed by atoms with Gasteiger partial charge in [-0.2, -0.15) is 0 Å². The molecule has 3 heterocycles. The number of fused-ring (bicyclic) bond motifs is 1. The molecule has 3 N–H and O–H groups in total. The molecule has 1 aromatic heterocycles. The quantitative estimate of drug-likeness (QED) is 0.778. The van der Waals surface area contributed by atoms with Gasteiger partial charge in [-0.25, -0.2) is 15.4 Å². The van der Waals surface area contributed by atoms with Crippen LogP contribution in [0.1, 0.15) is 44.9 Å². The molecule has 4 rings (SSSR count). The average Bonchev–Trinajstić information content (AvgIpc) is 3.07. The summed E-state index contributed by atoms with van der Waals surface area (Å²) in [6.07, 6.45) is 11.8. The number of nitrogens with zero attached hydrogens (tertiary/aromatic N) is 3. The normalized spacial score (nSPS) is 30.0. The highest BCUT2D eigenvalue weighted by atomic mass is 16.2. The van der Waals surface area contributed by atoms with Crippen molar-refractivity contribution >= 4 is 17.5 Å². The first kappa shape index (κ1) is 15.8. The van der Waals surface area contributed by atoms with Crippen LogP contribution in [0, 0.1) is 5.92 Å². The molecule has 3 fully saturated rings. The van der Waals surface area contributed by atoms with E-state index in [-0.39, 0.29) is 11.9 Å². The molecule has 7 nitrogen and oxygen atoms in total. The number of rotatable bonds is 3. The molecule has 7 heteroatoms. The number of hydrogen-bond acceptors (Lipinski definition) is 6. The van der Waals surface area contributed by atoms with Crippen molar-refractivity contribution in [1.29, 1.82) is 0 Å². The van der Waals surface area contributed by atoms with E-state index in [4.69, 9.17) is 0 Å². The summed E-state index contributed by atoms with van der Waals surface area (Å²) in [4.78, 5) is 23.6. The SMILES string of the molecule is O=C(Nc1cnc(N2CCCCC2)nc1)C1NNC2CCCCC21. The van der Waals surface area contributed by atoms with E-state index < -0.39 is 0 Å². The molecule has 1 aromatic rings. The van der Waals surface area contributed by atoms with Gasteiger partial charge in [0.15, 0.2) is 0 Å². The molecule has 24 heavy (non-hydrogen) atoms. The minimum Gasteiger partial charge on any atom is -0.341 e. The van der Waals surface area contributed by atoms with Gasteiger partial charge in [0.2, 0.25) is 11.9 Å². The number of carbonyl (C=O) groups excluding carboxylic acids is 1. The second kappa shape index (κ2) is 7.03. The van der Waals surface area contributed by atoms with Gasteiger partial charge >= 0.3 is 0 Å². The Labute approximate surface area is 142 Å². The van der Waals surface area contributed by atoms with Crippen molar-refractivity contribution in [2.24, 2.45) is 5.92 Å². The molecule has 2 saturated heterocycles. The maximum Gasteiger partial charge on any atom is 0.243 e. The predicted molar refractivity (Wildman–Crippen MR) is 92.5 cm³/mol. The second-order valence-corrected chi connectivity index (χ2v) is 7.13. The highest BCUT2D eigenvalue weighted by Crippen LogP contribution is 2.30. The van der Waals surface area contributed by atoms with Crippen LogP contribution in [-0.4, -0.2) is 41.0 Å². The van der Waals surface area contributed by atoms with Crippen LogP contribution in [0.2, 0.25) is 0 Å². The lowest BCUT2D eigenvalue weighted by Gasteiger charge is -2.27. The molecular weight excluding hydrogens is 304 g/mol. The Bertz CT molecular complexity index is 571. The van der Waals surface area contributed by atoms with Crippen molar-refractivity contribution in [2.45, 2.75) is 57.0 Å².